The molecule has 1 aromatic rings. The molecule has 0 spiro atoms. The number of carbonyl (C=O) groups excluding carboxylic acids is 2. The minimum atomic E-state index is -1.53. The molecule has 0 saturated carbocycles. The van der Waals surface area contributed by atoms with Gasteiger partial charge in [-0.25, -0.2) is 14.1 Å². The van der Waals surface area contributed by atoms with Crippen LogP contribution in [0.1, 0.15) is 24.2 Å². The van der Waals surface area contributed by atoms with Crippen LogP contribution in [-0.2, 0) is 9.59 Å². The molecule has 2 amide bonds. The maximum atomic E-state index is 13.6. The van der Waals surface area contributed by atoms with Crippen molar-refractivity contribution in [1.29, 1.82) is 0 Å². The van der Waals surface area contributed by atoms with Gasteiger partial charge in [-0.05, 0) is 26.0 Å². The lowest BCUT2D eigenvalue weighted by Gasteiger charge is -2.17. The van der Waals surface area contributed by atoms with Gasteiger partial charge in [-0.1, -0.05) is 6.07 Å². The molecule has 0 saturated heterocycles. The van der Waals surface area contributed by atoms with E-state index in [1.165, 1.54) is 26.0 Å². The highest BCUT2D eigenvalue weighted by atomic mass is 19.1. The summed E-state index contributed by atoms with van der Waals surface area (Å²) in [5.41, 5.74) is -0.485. The Bertz CT molecular complexity index is 624. The number of carboxylic acid groups (broad SMARTS) is 1. The molecule has 0 bridgehead atoms. The van der Waals surface area contributed by atoms with Gasteiger partial charge in [-0.15, -0.1) is 0 Å². The molecular formula is C13H10FNO4. The number of hydrogen-bond donors (Lipinski definition) is 1. The molecule has 1 N–H and O–H groups in total. The monoisotopic (exact) mass is 263 g/mol. The number of carboxylic acids is 1. The minimum Gasteiger partial charge on any atom is -0.478 e. The van der Waals surface area contributed by atoms with Crippen LogP contribution in [0, 0.1) is 5.82 Å². The second kappa shape index (κ2) is 4.31. The van der Waals surface area contributed by atoms with Gasteiger partial charge in [-0.3, -0.25) is 9.59 Å². The predicted molar refractivity (Wildman–Crippen MR) is 64.2 cm³/mol. The molecular weight excluding hydrogens is 253 g/mol. The van der Waals surface area contributed by atoms with Gasteiger partial charge in [0.1, 0.15) is 11.4 Å². The van der Waals surface area contributed by atoms with Gasteiger partial charge in [0.2, 0.25) is 0 Å². The van der Waals surface area contributed by atoms with E-state index < -0.39 is 29.2 Å². The van der Waals surface area contributed by atoms with Crippen LogP contribution in [0.2, 0.25) is 0 Å². The first-order valence-corrected chi connectivity index (χ1v) is 5.44. The summed E-state index contributed by atoms with van der Waals surface area (Å²) in [6, 6.07) is 3.44. The van der Waals surface area contributed by atoms with Gasteiger partial charge >= 0.3 is 5.97 Å². The lowest BCUT2D eigenvalue weighted by atomic mass is 10.1. The number of amides is 2. The van der Waals surface area contributed by atoms with E-state index >= 15 is 0 Å². The van der Waals surface area contributed by atoms with E-state index in [-0.39, 0.29) is 16.8 Å². The number of aromatic carboxylic acids is 1. The Morgan fingerprint density at radius 2 is 1.68 bits per heavy atom. The zero-order chi connectivity index (χ0) is 14.3. The van der Waals surface area contributed by atoms with Crippen molar-refractivity contribution < 1.29 is 23.9 Å². The standard InChI is InChI=1S/C13H10FNO4/c1-6-7(2)12(17)15(11(6)16)9-5-3-4-8(14)10(9)13(18)19/h3-5H,1-2H3,(H,18,19). The Hall–Kier alpha value is -2.50. The zero-order valence-electron chi connectivity index (χ0n) is 10.2. The minimum absolute atomic E-state index is 0.227. The maximum absolute atomic E-state index is 13.6. The molecule has 0 aromatic heterocycles. The SMILES string of the molecule is CC1=C(C)C(=O)N(c2cccc(F)c2C(=O)O)C1=O. The fraction of sp³-hybridized carbons (Fsp3) is 0.154. The lowest BCUT2D eigenvalue weighted by molar-refractivity contribution is -0.120. The number of anilines is 1. The summed E-state index contributed by atoms with van der Waals surface area (Å²) in [6.07, 6.45) is 0. The van der Waals surface area contributed by atoms with E-state index in [9.17, 15) is 18.8 Å². The van der Waals surface area contributed by atoms with Crippen molar-refractivity contribution in [1.82, 2.24) is 0 Å². The van der Waals surface area contributed by atoms with Gasteiger partial charge in [0.25, 0.3) is 11.8 Å². The molecule has 2 rings (SSSR count). The molecule has 0 fully saturated rings. The highest BCUT2D eigenvalue weighted by Crippen LogP contribution is 2.30. The third-order valence-electron chi connectivity index (χ3n) is 3.06. The van der Waals surface area contributed by atoms with Crippen molar-refractivity contribution >= 4 is 23.5 Å². The molecule has 1 aliphatic rings. The van der Waals surface area contributed by atoms with Crippen molar-refractivity contribution in [2.75, 3.05) is 4.90 Å². The van der Waals surface area contributed by atoms with Crippen LogP contribution in [0.15, 0.2) is 29.3 Å². The van der Waals surface area contributed by atoms with Crippen LogP contribution < -0.4 is 4.90 Å². The molecule has 1 aromatic carbocycles. The summed E-state index contributed by atoms with van der Waals surface area (Å²) in [7, 11) is 0. The predicted octanol–water partition coefficient (Wildman–Crippen LogP) is 1.73. The van der Waals surface area contributed by atoms with E-state index in [2.05, 4.69) is 0 Å². The zero-order valence-corrected chi connectivity index (χ0v) is 10.2. The summed E-state index contributed by atoms with van der Waals surface area (Å²) in [4.78, 5) is 35.7. The fourth-order valence-electron chi connectivity index (χ4n) is 1.88. The molecule has 6 heteroatoms. The third-order valence-corrected chi connectivity index (χ3v) is 3.06. The third kappa shape index (κ3) is 1.81. The largest absolute Gasteiger partial charge is 0.478 e. The molecule has 0 atom stereocenters. The van der Waals surface area contributed by atoms with Crippen molar-refractivity contribution in [3.05, 3.63) is 40.7 Å². The summed E-state index contributed by atoms with van der Waals surface area (Å²) in [5, 5.41) is 9.01. The number of imide groups is 1. The Labute approximate surface area is 107 Å². The topological polar surface area (TPSA) is 74.7 Å². The van der Waals surface area contributed by atoms with Crippen molar-refractivity contribution in [2.24, 2.45) is 0 Å². The number of rotatable bonds is 2. The number of benzene rings is 1. The normalized spacial score (nSPS) is 15.4. The average Bonchev–Trinajstić information content (AvgIpc) is 2.53. The van der Waals surface area contributed by atoms with E-state index in [1.807, 2.05) is 0 Å². The molecule has 1 aliphatic heterocycles. The number of hydrogen-bond acceptors (Lipinski definition) is 3. The number of halogens is 1. The van der Waals surface area contributed by atoms with Gasteiger partial charge < -0.3 is 5.11 Å². The molecule has 5 nitrogen and oxygen atoms in total. The Morgan fingerprint density at radius 3 is 2.16 bits per heavy atom. The fourth-order valence-corrected chi connectivity index (χ4v) is 1.88. The molecule has 0 aliphatic carbocycles. The smallest absolute Gasteiger partial charge is 0.340 e. The van der Waals surface area contributed by atoms with Gasteiger partial charge in [0.05, 0.1) is 5.69 Å². The van der Waals surface area contributed by atoms with E-state index in [0.29, 0.717) is 4.90 Å². The summed E-state index contributed by atoms with van der Waals surface area (Å²) < 4.78 is 13.6. The molecule has 19 heavy (non-hydrogen) atoms. The van der Waals surface area contributed by atoms with Crippen molar-refractivity contribution in [3.63, 3.8) is 0 Å². The molecule has 98 valence electrons. The second-order valence-electron chi connectivity index (χ2n) is 4.13. The van der Waals surface area contributed by atoms with Gasteiger partial charge in [-0.2, -0.15) is 0 Å². The van der Waals surface area contributed by atoms with Crippen LogP contribution in [0.3, 0.4) is 0 Å². The second-order valence-corrected chi connectivity index (χ2v) is 4.13. The van der Waals surface area contributed by atoms with Crippen LogP contribution >= 0.6 is 0 Å². The first kappa shape index (κ1) is 12.9. The van der Waals surface area contributed by atoms with Crippen LogP contribution in [0.5, 0.6) is 0 Å². The van der Waals surface area contributed by atoms with Crippen molar-refractivity contribution in [3.8, 4) is 0 Å². The van der Waals surface area contributed by atoms with Crippen molar-refractivity contribution in [2.45, 2.75) is 13.8 Å². The quantitative estimate of drug-likeness (QED) is 0.824. The Morgan fingerprint density at radius 1 is 1.16 bits per heavy atom. The number of carbonyl (C=O) groups is 3. The summed E-state index contributed by atoms with van der Waals surface area (Å²) >= 11 is 0. The van der Waals surface area contributed by atoms with E-state index in [0.717, 1.165) is 6.07 Å². The van der Waals surface area contributed by atoms with Gasteiger partial charge in [0.15, 0.2) is 0 Å². The van der Waals surface area contributed by atoms with E-state index in [1.54, 1.807) is 0 Å². The Kier molecular flexibility index (Phi) is 2.94. The maximum Gasteiger partial charge on any atom is 0.340 e. The van der Waals surface area contributed by atoms with Crippen LogP contribution in [0.25, 0.3) is 0 Å². The highest BCUT2D eigenvalue weighted by molar-refractivity contribution is 6.33. The molecule has 0 radical (unpaired) electrons. The van der Waals surface area contributed by atoms with Gasteiger partial charge in [0, 0.05) is 11.1 Å². The first-order valence-electron chi connectivity index (χ1n) is 5.44. The van der Waals surface area contributed by atoms with E-state index in [4.69, 9.17) is 5.11 Å². The molecule has 1 heterocycles. The van der Waals surface area contributed by atoms with Crippen LogP contribution in [0.4, 0.5) is 10.1 Å². The summed E-state index contributed by atoms with van der Waals surface area (Å²) in [5.74, 6) is -3.78. The average molecular weight is 263 g/mol. The lowest BCUT2D eigenvalue weighted by Crippen LogP contribution is -2.33. The summed E-state index contributed by atoms with van der Waals surface area (Å²) in [6.45, 7) is 2.94. The van der Waals surface area contributed by atoms with Crippen LogP contribution in [-0.4, -0.2) is 22.9 Å². The number of nitrogens with zero attached hydrogens (tertiary/aromatic N) is 1. The Balaban J connectivity index is 2.63. The highest BCUT2D eigenvalue weighted by Gasteiger charge is 2.37. The first-order chi connectivity index (χ1) is 8.86. The molecule has 0 unspecified atom stereocenters.